The minimum absolute atomic E-state index is 0.579. The van der Waals surface area contributed by atoms with Gasteiger partial charge in [0.1, 0.15) is 0 Å². The fraction of sp³-hybridized carbons (Fsp3) is 0. The lowest BCUT2D eigenvalue weighted by molar-refractivity contribution is 0.952. The molecule has 0 N–H and O–H groups in total. The van der Waals surface area contributed by atoms with Crippen molar-refractivity contribution in [3.63, 3.8) is 0 Å². The van der Waals surface area contributed by atoms with E-state index in [0.717, 1.165) is 22.2 Å². The summed E-state index contributed by atoms with van der Waals surface area (Å²) >= 11 is 1.76. The van der Waals surface area contributed by atoms with Gasteiger partial charge < -0.3 is 0 Å². The van der Waals surface area contributed by atoms with Crippen LogP contribution in [-0.2, 0) is 0 Å². The Hall–Kier alpha value is -4.49. The monoisotopic (exact) mass is 456 g/mol. The summed E-state index contributed by atoms with van der Waals surface area (Å²) in [6, 6.07) is 22.6. The number of hydrogen-bond acceptors (Lipinski definition) is 6. The molecule has 0 aliphatic heterocycles. The maximum absolute atomic E-state index is 4.94. The fourth-order valence-corrected chi connectivity index (χ4v) is 5.37. The predicted octanol–water partition coefficient (Wildman–Crippen LogP) is 6.31. The van der Waals surface area contributed by atoms with Crippen LogP contribution in [0, 0.1) is 0 Å². The van der Waals surface area contributed by atoms with Gasteiger partial charge in [-0.05, 0) is 53.2 Å². The van der Waals surface area contributed by atoms with Gasteiger partial charge in [0, 0.05) is 51.4 Å². The summed E-state index contributed by atoms with van der Waals surface area (Å²) in [5.41, 5.74) is 3.90. The molecule has 34 heavy (non-hydrogen) atoms. The molecular formula is C27H16N6S. The summed E-state index contributed by atoms with van der Waals surface area (Å²) in [6.07, 6.45) is 7.00. The van der Waals surface area contributed by atoms with Crippen molar-refractivity contribution in [1.29, 1.82) is 0 Å². The van der Waals surface area contributed by atoms with Gasteiger partial charge in [-0.15, -0.1) is 11.3 Å². The zero-order valence-electron chi connectivity index (χ0n) is 17.8. The summed E-state index contributed by atoms with van der Waals surface area (Å²) in [4.78, 5) is 23.0. The Morgan fingerprint density at radius 2 is 1.29 bits per heavy atom. The molecule has 0 radical (unpaired) electrons. The lowest BCUT2D eigenvalue weighted by atomic mass is 10.1. The number of benzene rings is 2. The van der Waals surface area contributed by atoms with E-state index in [0.29, 0.717) is 17.6 Å². The van der Waals surface area contributed by atoms with Crippen LogP contribution >= 0.6 is 11.3 Å². The largest absolute Gasteiger partial charge is 0.278 e. The van der Waals surface area contributed by atoms with Crippen LogP contribution in [0.25, 0.3) is 60.6 Å². The molecule has 0 atom stereocenters. The lowest BCUT2D eigenvalue weighted by Gasteiger charge is -2.10. The molecule has 6 nitrogen and oxygen atoms in total. The van der Waals surface area contributed by atoms with Gasteiger partial charge in [-0.2, -0.15) is 9.97 Å². The fourth-order valence-electron chi connectivity index (χ4n) is 4.42. The molecule has 0 spiro atoms. The highest BCUT2D eigenvalue weighted by Crippen LogP contribution is 2.38. The van der Waals surface area contributed by atoms with Crippen molar-refractivity contribution in [2.75, 3.05) is 0 Å². The summed E-state index contributed by atoms with van der Waals surface area (Å²) in [5, 5.41) is 5.79. The average Bonchev–Trinajstić information content (AvgIpc) is 3.52. The van der Waals surface area contributed by atoms with E-state index in [1.165, 1.54) is 20.9 Å². The molecule has 7 heteroatoms. The van der Waals surface area contributed by atoms with E-state index in [1.807, 2.05) is 24.3 Å². The summed E-state index contributed by atoms with van der Waals surface area (Å²) in [6.45, 7) is 0. The summed E-state index contributed by atoms with van der Waals surface area (Å²) in [7, 11) is 0. The van der Waals surface area contributed by atoms with Crippen molar-refractivity contribution < 1.29 is 0 Å². The third-order valence-corrected chi connectivity index (χ3v) is 6.90. The number of nitrogens with zero attached hydrogens (tertiary/aromatic N) is 6. The number of pyridine rings is 2. The van der Waals surface area contributed by atoms with Crippen LogP contribution in [0.5, 0.6) is 0 Å². The van der Waals surface area contributed by atoms with Crippen molar-refractivity contribution >= 4 is 43.2 Å². The Morgan fingerprint density at radius 1 is 0.618 bits per heavy atom. The number of thiophene rings is 1. The molecule has 0 saturated carbocycles. The zero-order chi connectivity index (χ0) is 22.5. The Labute approximate surface area is 198 Å². The first-order chi connectivity index (χ1) is 16.9. The highest BCUT2D eigenvalue weighted by atomic mass is 32.1. The Morgan fingerprint density at radius 3 is 2.00 bits per heavy atom. The van der Waals surface area contributed by atoms with Crippen molar-refractivity contribution in [3.8, 4) is 28.7 Å². The van der Waals surface area contributed by atoms with Crippen molar-refractivity contribution in [2.45, 2.75) is 0 Å². The van der Waals surface area contributed by atoms with Crippen LogP contribution in [-0.4, -0.2) is 29.5 Å². The van der Waals surface area contributed by atoms with E-state index < -0.39 is 0 Å². The minimum atomic E-state index is 0.579. The van der Waals surface area contributed by atoms with E-state index in [9.17, 15) is 0 Å². The Kier molecular flexibility index (Phi) is 4.22. The van der Waals surface area contributed by atoms with Crippen LogP contribution in [0.1, 0.15) is 0 Å². The molecule has 7 aromatic rings. The van der Waals surface area contributed by atoms with E-state index in [1.54, 1.807) is 36.1 Å². The van der Waals surface area contributed by atoms with Crippen LogP contribution < -0.4 is 0 Å². The molecule has 5 aromatic heterocycles. The number of aromatic nitrogens is 6. The Bertz CT molecular complexity index is 1750. The zero-order valence-corrected chi connectivity index (χ0v) is 18.6. The lowest BCUT2D eigenvalue weighted by Crippen LogP contribution is -2.06. The minimum Gasteiger partial charge on any atom is -0.278 e. The second kappa shape index (κ2) is 7.54. The molecular weight excluding hydrogens is 440 g/mol. The molecule has 0 amide bonds. The molecule has 0 aliphatic rings. The van der Waals surface area contributed by atoms with E-state index in [4.69, 9.17) is 15.0 Å². The maximum Gasteiger partial charge on any atom is 0.238 e. The SMILES string of the molecule is c1ccc2c(c1)c1c3sccc3ccc1n2-c1nc(-c2ccncc2)nc(-c2ccncc2)n1. The van der Waals surface area contributed by atoms with Crippen LogP contribution in [0.3, 0.4) is 0 Å². The highest BCUT2D eigenvalue weighted by molar-refractivity contribution is 7.18. The van der Waals surface area contributed by atoms with E-state index >= 15 is 0 Å². The third kappa shape index (κ3) is 2.91. The standard InChI is InChI=1S/C27H16N6S/c1-2-4-21-20(3-1)23-22(6-5-17-11-16-34-24(17)23)33(21)27-31-25(18-7-12-28-13-8-18)30-26(32-27)19-9-14-29-15-10-19/h1-16H. The van der Waals surface area contributed by atoms with Gasteiger partial charge in [-0.1, -0.05) is 24.3 Å². The number of hydrogen-bond donors (Lipinski definition) is 0. The maximum atomic E-state index is 4.94. The normalized spacial score (nSPS) is 11.5. The van der Waals surface area contributed by atoms with Gasteiger partial charge in [0.2, 0.25) is 5.95 Å². The molecule has 0 unspecified atom stereocenters. The highest BCUT2D eigenvalue weighted by Gasteiger charge is 2.19. The molecule has 0 saturated heterocycles. The van der Waals surface area contributed by atoms with E-state index in [2.05, 4.69) is 62.4 Å². The topological polar surface area (TPSA) is 69.4 Å². The van der Waals surface area contributed by atoms with Gasteiger partial charge in [-0.25, -0.2) is 4.98 Å². The predicted molar refractivity (Wildman–Crippen MR) is 136 cm³/mol. The molecule has 160 valence electrons. The van der Waals surface area contributed by atoms with Crippen LogP contribution in [0.4, 0.5) is 0 Å². The van der Waals surface area contributed by atoms with Gasteiger partial charge in [0.15, 0.2) is 11.6 Å². The molecule has 2 aromatic carbocycles. The second-order valence-electron chi connectivity index (χ2n) is 7.91. The van der Waals surface area contributed by atoms with Crippen molar-refractivity contribution in [2.24, 2.45) is 0 Å². The van der Waals surface area contributed by atoms with Gasteiger partial charge in [-0.3, -0.25) is 14.5 Å². The van der Waals surface area contributed by atoms with Gasteiger partial charge >= 0.3 is 0 Å². The van der Waals surface area contributed by atoms with Crippen LogP contribution in [0.15, 0.2) is 96.9 Å². The Balaban J connectivity index is 1.59. The number of fused-ring (bicyclic) bond motifs is 5. The first-order valence-corrected chi connectivity index (χ1v) is 11.7. The average molecular weight is 457 g/mol. The van der Waals surface area contributed by atoms with Crippen LogP contribution in [0.2, 0.25) is 0 Å². The quantitative estimate of drug-likeness (QED) is 0.312. The third-order valence-electron chi connectivity index (χ3n) is 5.96. The van der Waals surface area contributed by atoms with Gasteiger partial charge in [0.25, 0.3) is 0 Å². The number of rotatable bonds is 3. The van der Waals surface area contributed by atoms with E-state index in [-0.39, 0.29) is 0 Å². The second-order valence-corrected chi connectivity index (χ2v) is 8.82. The number of para-hydroxylation sites is 1. The molecule has 7 rings (SSSR count). The molecule has 0 bridgehead atoms. The van der Waals surface area contributed by atoms with Crippen molar-refractivity contribution in [3.05, 3.63) is 96.9 Å². The smallest absolute Gasteiger partial charge is 0.238 e. The summed E-state index contributed by atoms with van der Waals surface area (Å²) < 4.78 is 3.41. The first-order valence-electron chi connectivity index (χ1n) is 10.8. The first kappa shape index (κ1) is 19.0. The van der Waals surface area contributed by atoms with Gasteiger partial charge in [0.05, 0.1) is 11.0 Å². The summed E-state index contributed by atoms with van der Waals surface area (Å²) in [5.74, 6) is 1.78. The molecule has 5 heterocycles. The molecule has 0 aliphatic carbocycles. The van der Waals surface area contributed by atoms with Crippen molar-refractivity contribution in [1.82, 2.24) is 29.5 Å². The molecule has 0 fully saturated rings.